The molecule has 1 aromatic heterocycles. The number of carbonyl (C=O) groups is 4. The summed E-state index contributed by atoms with van der Waals surface area (Å²) in [7, 11) is 0. The maximum atomic E-state index is 12.1. The van der Waals surface area contributed by atoms with E-state index >= 15 is 0 Å². The Morgan fingerprint density at radius 1 is 1.06 bits per heavy atom. The lowest BCUT2D eigenvalue weighted by Crippen LogP contribution is -2.46. The Hall–Kier alpha value is -3.41. The third kappa shape index (κ3) is 10.3. The highest BCUT2D eigenvalue weighted by molar-refractivity contribution is 5.93. The average molecular weight is 437 g/mol. The van der Waals surface area contributed by atoms with Gasteiger partial charge in [0.25, 0.3) is 5.91 Å². The van der Waals surface area contributed by atoms with Crippen LogP contribution in [0.25, 0.3) is 0 Å². The van der Waals surface area contributed by atoms with Crippen LogP contribution in [-0.4, -0.2) is 80.7 Å². The van der Waals surface area contributed by atoms with E-state index in [1.807, 2.05) is 13.8 Å². The lowest BCUT2D eigenvalue weighted by atomic mass is 10.1. The van der Waals surface area contributed by atoms with E-state index in [2.05, 4.69) is 20.5 Å². The molecular weight excluding hydrogens is 410 g/mol. The maximum absolute atomic E-state index is 12.1. The summed E-state index contributed by atoms with van der Waals surface area (Å²) < 4.78 is 0. The third-order valence-electron chi connectivity index (χ3n) is 3.99. The van der Waals surface area contributed by atoms with Gasteiger partial charge in [-0.15, -0.1) is 5.11 Å². The largest absolute Gasteiger partial charge is 0.480 e. The first kappa shape index (κ1) is 25.6. The minimum Gasteiger partial charge on any atom is -0.480 e. The van der Waals surface area contributed by atoms with Crippen LogP contribution in [0.5, 0.6) is 0 Å². The Labute approximate surface area is 179 Å². The van der Waals surface area contributed by atoms with E-state index in [1.165, 1.54) is 6.20 Å². The molecule has 0 fully saturated rings. The fraction of sp³-hybridized carbons (Fsp3) is 0.526. The van der Waals surface area contributed by atoms with Gasteiger partial charge in [0.2, 0.25) is 0 Å². The van der Waals surface area contributed by atoms with Crippen LogP contribution in [0.1, 0.15) is 43.5 Å². The first-order valence-corrected chi connectivity index (χ1v) is 9.65. The topological polar surface area (TPSA) is 182 Å². The molecule has 0 radical (unpaired) electrons. The molecule has 170 valence electrons. The molecule has 12 nitrogen and oxygen atoms in total. The molecule has 1 unspecified atom stereocenters. The van der Waals surface area contributed by atoms with Crippen molar-refractivity contribution in [2.45, 2.75) is 45.2 Å². The number of pyridine rings is 1. The Kier molecular flexibility index (Phi) is 10.8. The number of carbonyl (C=O) groups excluding carboxylic acids is 1. The van der Waals surface area contributed by atoms with Crippen LogP contribution >= 0.6 is 0 Å². The lowest BCUT2D eigenvalue weighted by Gasteiger charge is -2.25. The van der Waals surface area contributed by atoms with Crippen LogP contribution < -0.4 is 5.32 Å². The van der Waals surface area contributed by atoms with E-state index in [4.69, 9.17) is 10.2 Å². The molecule has 0 aromatic carbocycles. The Bertz CT molecular complexity index is 779. The Balaban J connectivity index is 2.50. The van der Waals surface area contributed by atoms with Crippen molar-refractivity contribution in [2.75, 3.05) is 19.6 Å². The number of unbranched alkanes of at least 4 members (excludes halogenated alkanes) is 1. The molecule has 0 aliphatic carbocycles. The van der Waals surface area contributed by atoms with Crippen molar-refractivity contribution in [2.24, 2.45) is 10.2 Å². The van der Waals surface area contributed by atoms with Gasteiger partial charge < -0.3 is 20.6 Å². The fourth-order valence-electron chi connectivity index (χ4n) is 2.61. The molecule has 1 heterocycles. The molecule has 0 spiro atoms. The van der Waals surface area contributed by atoms with Crippen molar-refractivity contribution in [1.29, 1.82) is 0 Å². The van der Waals surface area contributed by atoms with Crippen LogP contribution in [0.2, 0.25) is 0 Å². The first-order valence-electron chi connectivity index (χ1n) is 9.65. The summed E-state index contributed by atoms with van der Waals surface area (Å²) >= 11 is 0. The van der Waals surface area contributed by atoms with Crippen molar-refractivity contribution < 1.29 is 34.5 Å². The van der Waals surface area contributed by atoms with Crippen LogP contribution in [0.4, 0.5) is 5.82 Å². The zero-order chi connectivity index (χ0) is 23.4. The Morgan fingerprint density at radius 2 is 1.71 bits per heavy atom. The van der Waals surface area contributed by atoms with E-state index in [1.54, 1.807) is 12.1 Å². The number of hydrogen-bond donors (Lipinski definition) is 4. The summed E-state index contributed by atoms with van der Waals surface area (Å²) in [5.41, 5.74) is 0.334. The summed E-state index contributed by atoms with van der Waals surface area (Å²) in [6.45, 7) is 2.62. The number of aromatic nitrogens is 1. The van der Waals surface area contributed by atoms with E-state index < -0.39 is 37.0 Å². The molecule has 1 rings (SSSR count). The van der Waals surface area contributed by atoms with Gasteiger partial charge in [0.15, 0.2) is 5.82 Å². The smallest absolute Gasteiger partial charge is 0.320 e. The van der Waals surface area contributed by atoms with Gasteiger partial charge in [-0.1, -0.05) is 0 Å². The van der Waals surface area contributed by atoms with E-state index in [0.29, 0.717) is 24.2 Å². The fourth-order valence-corrected chi connectivity index (χ4v) is 2.61. The monoisotopic (exact) mass is 437 g/mol. The molecule has 0 aliphatic heterocycles. The summed E-state index contributed by atoms with van der Waals surface area (Å²) in [5, 5.41) is 37.7. The van der Waals surface area contributed by atoms with E-state index in [9.17, 15) is 24.3 Å². The average Bonchev–Trinajstić information content (AvgIpc) is 2.67. The number of aliphatic carboxylic acids is 3. The zero-order valence-electron chi connectivity index (χ0n) is 17.4. The highest BCUT2D eigenvalue weighted by Crippen LogP contribution is 2.11. The molecule has 12 heteroatoms. The Morgan fingerprint density at radius 3 is 2.19 bits per heavy atom. The minimum absolute atomic E-state index is 0.0332. The number of azo groups is 1. The van der Waals surface area contributed by atoms with Gasteiger partial charge in [0.05, 0.1) is 24.7 Å². The standard InChI is InChI=1S/C19H27N5O7/c1-12(2)22-23-15-7-6-13(9-21-15)18(29)20-8-4-3-5-14(19(30)31)24(10-16(25)26)11-17(27)28/h6-7,9,12,14H,3-5,8,10-11H2,1-2H3,(H,20,29)(H,25,26)(H,27,28)(H,30,31). The van der Waals surface area contributed by atoms with Crippen molar-refractivity contribution in [3.63, 3.8) is 0 Å². The van der Waals surface area contributed by atoms with Crippen LogP contribution in [-0.2, 0) is 14.4 Å². The van der Waals surface area contributed by atoms with Crippen molar-refractivity contribution in [3.8, 4) is 0 Å². The number of carboxylic acids is 3. The van der Waals surface area contributed by atoms with Gasteiger partial charge >= 0.3 is 17.9 Å². The van der Waals surface area contributed by atoms with Crippen molar-refractivity contribution >= 4 is 29.6 Å². The quantitative estimate of drug-likeness (QED) is 0.247. The molecular formula is C19H27N5O7. The maximum Gasteiger partial charge on any atom is 0.320 e. The second-order valence-electron chi connectivity index (χ2n) is 7.01. The number of carboxylic acid groups (broad SMARTS) is 3. The predicted molar refractivity (Wildman–Crippen MR) is 108 cm³/mol. The van der Waals surface area contributed by atoms with Crippen LogP contribution in [0.15, 0.2) is 28.6 Å². The number of rotatable bonds is 14. The molecule has 1 aromatic rings. The second kappa shape index (κ2) is 13.0. The third-order valence-corrected chi connectivity index (χ3v) is 3.99. The number of nitrogens with one attached hydrogen (secondary N) is 1. The van der Waals surface area contributed by atoms with Gasteiger partial charge in [-0.2, -0.15) is 5.11 Å². The highest BCUT2D eigenvalue weighted by atomic mass is 16.4. The molecule has 1 atom stereocenters. The molecule has 1 amide bonds. The number of amides is 1. The predicted octanol–water partition coefficient (Wildman–Crippen LogP) is 1.40. The summed E-state index contributed by atoms with van der Waals surface area (Å²) in [6, 6.07) is 1.91. The normalized spacial score (nSPS) is 12.3. The minimum atomic E-state index is -1.31. The SMILES string of the molecule is CC(C)N=Nc1ccc(C(=O)NCCCCC(C(=O)O)N(CC(=O)O)CC(=O)O)cn1. The van der Waals surface area contributed by atoms with E-state index in [-0.39, 0.29) is 24.9 Å². The zero-order valence-corrected chi connectivity index (χ0v) is 17.4. The summed E-state index contributed by atoms with van der Waals surface area (Å²) in [6.07, 6.45) is 2.19. The molecule has 0 bridgehead atoms. The van der Waals surface area contributed by atoms with Gasteiger partial charge in [0.1, 0.15) is 6.04 Å². The summed E-state index contributed by atoms with van der Waals surface area (Å²) in [5.74, 6) is -3.90. The second-order valence-corrected chi connectivity index (χ2v) is 7.01. The summed E-state index contributed by atoms with van der Waals surface area (Å²) in [4.78, 5) is 50.3. The van der Waals surface area contributed by atoms with E-state index in [0.717, 1.165) is 4.90 Å². The van der Waals surface area contributed by atoms with Gasteiger partial charge in [-0.25, -0.2) is 4.98 Å². The lowest BCUT2D eigenvalue weighted by molar-refractivity contribution is -0.149. The molecule has 4 N–H and O–H groups in total. The van der Waals surface area contributed by atoms with Gasteiger partial charge in [-0.05, 0) is 45.2 Å². The molecule has 0 saturated carbocycles. The van der Waals surface area contributed by atoms with Crippen molar-refractivity contribution in [3.05, 3.63) is 23.9 Å². The highest BCUT2D eigenvalue weighted by Gasteiger charge is 2.28. The molecule has 31 heavy (non-hydrogen) atoms. The number of nitrogens with zero attached hydrogens (tertiary/aromatic N) is 4. The first-order chi connectivity index (χ1) is 14.6. The van der Waals surface area contributed by atoms with Gasteiger partial charge in [0, 0.05) is 12.7 Å². The molecule has 0 aliphatic rings. The van der Waals surface area contributed by atoms with Gasteiger partial charge in [-0.3, -0.25) is 24.1 Å². The van der Waals surface area contributed by atoms with Crippen LogP contribution in [0.3, 0.4) is 0 Å². The van der Waals surface area contributed by atoms with Crippen LogP contribution in [0, 0.1) is 0 Å². The molecule has 0 saturated heterocycles. The van der Waals surface area contributed by atoms with Crippen molar-refractivity contribution in [1.82, 2.24) is 15.2 Å². The number of hydrogen-bond acceptors (Lipinski definition) is 8.